The molecule has 1 aliphatic rings. The van der Waals surface area contributed by atoms with Crippen molar-refractivity contribution in [2.24, 2.45) is 5.14 Å². The highest BCUT2D eigenvalue weighted by Gasteiger charge is 2.10. The molecule has 0 bridgehead atoms. The van der Waals surface area contributed by atoms with Crippen molar-refractivity contribution in [2.45, 2.75) is 6.54 Å². The lowest BCUT2D eigenvalue weighted by Crippen LogP contribution is -2.36. The molecule has 2 rings (SSSR count). The van der Waals surface area contributed by atoms with E-state index >= 15 is 0 Å². The van der Waals surface area contributed by atoms with Gasteiger partial charge in [0.2, 0.25) is 10.0 Å². The Bertz CT molecular complexity index is 510. The van der Waals surface area contributed by atoms with Crippen molar-refractivity contribution < 1.29 is 13.2 Å². The first-order valence-corrected chi connectivity index (χ1v) is 8.39. The Morgan fingerprint density at radius 3 is 2.45 bits per heavy atom. The first kappa shape index (κ1) is 15.2. The molecule has 1 aliphatic heterocycles. The summed E-state index contributed by atoms with van der Waals surface area (Å²) in [6.07, 6.45) is 0. The molecule has 0 atom stereocenters. The smallest absolute Gasteiger partial charge is 0.210 e. The zero-order valence-electron chi connectivity index (χ0n) is 11.4. The molecule has 1 saturated heterocycles. The van der Waals surface area contributed by atoms with E-state index in [9.17, 15) is 8.42 Å². The maximum Gasteiger partial charge on any atom is 0.210 e. The number of hydrogen-bond acceptors (Lipinski definition) is 5. The van der Waals surface area contributed by atoms with Crippen LogP contribution in [0.4, 0.5) is 5.69 Å². The fraction of sp³-hybridized carbons (Fsp3) is 0.538. The predicted octanol–water partition coefficient (Wildman–Crippen LogP) is -0.0987. The first-order valence-electron chi connectivity index (χ1n) is 6.67. The third kappa shape index (κ3) is 5.09. The zero-order chi connectivity index (χ0) is 14.4. The van der Waals surface area contributed by atoms with Gasteiger partial charge < -0.3 is 15.0 Å². The molecule has 112 valence electrons. The van der Waals surface area contributed by atoms with Gasteiger partial charge in [-0.15, -0.1) is 0 Å². The van der Waals surface area contributed by atoms with Gasteiger partial charge in [0.25, 0.3) is 0 Å². The molecule has 0 radical (unpaired) electrons. The Morgan fingerprint density at radius 2 is 1.85 bits per heavy atom. The summed E-state index contributed by atoms with van der Waals surface area (Å²) >= 11 is 0. The monoisotopic (exact) mass is 299 g/mol. The van der Waals surface area contributed by atoms with E-state index in [2.05, 4.69) is 34.5 Å². The topological polar surface area (TPSA) is 84.7 Å². The lowest BCUT2D eigenvalue weighted by Gasteiger charge is -2.28. The van der Waals surface area contributed by atoms with Crippen LogP contribution in [-0.2, 0) is 21.3 Å². The van der Waals surface area contributed by atoms with E-state index in [0.717, 1.165) is 31.9 Å². The molecule has 1 heterocycles. The molecule has 1 aromatic rings. The van der Waals surface area contributed by atoms with Gasteiger partial charge >= 0.3 is 0 Å². The van der Waals surface area contributed by atoms with Crippen molar-refractivity contribution in [3.8, 4) is 0 Å². The molecule has 7 heteroatoms. The van der Waals surface area contributed by atoms with Gasteiger partial charge in [-0.3, -0.25) is 0 Å². The van der Waals surface area contributed by atoms with Gasteiger partial charge in [-0.05, 0) is 17.7 Å². The quantitative estimate of drug-likeness (QED) is 0.717. The number of hydrogen-bond donors (Lipinski definition) is 2. The van der Waals surface area contributed by atoms with Crippen LogP contribution < -0.4 is 15.4 Å². The summed E-state index contributed by atoms with van der Waals surface area (Å²) in [5, 5.41) is 8.00. The second kappa shape index (κ2) is 7.03. The summed E-state index contributed by atoms with van der Waals surface area (Å²) in [6, 6.07) is 8.27. The molecule has 0 spiro atoms. The largest absolute Gasteiger partial charge is 0.378 e. The second-order valence-corrected chi connectivity index (χ2v) is 6.54. The number of nitrogens with zero attached hydrogens (tertiary/aromatic N) is 1. The van der Waals surface area contributed by atoms with E-state index < -0.39 is 10.0 Å². The maximum atomic E-state index is 10.8. The van der Waals surface area contributed by atoms with Crippen molar-refractivity contribution in [3.05, 3.63) is 29.8 Å². The summed E-state index contributed by atoms with van der Waals surface area (Å²) in [7, 11) is -3.38. The molecular formula is C13H21N3O3S. The summed E-state index contributed by atoms with van der Waals surface area (Å²) < 4.78 is 26.9. The number of nitrogens with one attached hydrogen (secondary N) is 1. The van der Waals surface area contributed by atoms with Gasteiger partial charge in [-0.2, -0.15) is 0 Å². The molecule has 3 N–H and O–H groups in total. The molecule has 0 saturated carbocycles. The van der Waals surface area contributed by atoms with Crippen LogP contribution in [-0.4, -0.2) is 47.0 Å². The number of sulfonamides is 1. The number of ether oxygens (including phenoxy) is 1. The van der Waals surface area contributed by atoms with Crippen LogP contribution in [0.2, 0.25) is 0 Å². The Labute approximate surface area is 120 Å². The van der Waals surface area contributed by atoms with Crippen molar-refractivity contribution in [1.29, 1.82) is 0 Å². The van der Waals surface area contributed by atoms with Gasteiger partial charge in [0.05, 0.1) is 19.0 Å². The van der Waals surface area contributed by atoms with Crippen LogP contribution in [0.5, 0.6) is 0 Å². The van der Waals surface area contributed by atoms with Crippen LogP contribution >= 0.6 is 0 Å². The molecule has 0 aliphatic carbocycles. The third-order valence-corrected chi connectivity index (χ3v) is 3.98. The van der Waals surface area contributed by atoms with Crippen LogP contribution in [0, 0.1) is 0 Å². The van der Waals surface area contributed by atoms with Crippen LogP contribution in [0.1, 0.15) is 5.56 Å². The van der Waals surface area contributed by atoms with Crippen molar-refractivity contribution >= 4 is 15.7 Å². The summed E-state index contributed by atoms with van der Waals surface area (Å²) in [5.41, 5.74) is 2.32. The van der Waals surface area contributed by atoms with E-state index in [4.69, 9.17) is 9.88 Å². The number of primary sulfonamides is 1. The van der Waals surface area contributed by atoms with Crippen molar-refractivity contribution in [1.82, 2.24) is 5.32 Å². The number of benzene rings is 1. The first-order chi connectivity index (χ1) is 9.54. The second-order valence-electron chi connectivity index (χ2n) is 4.81. The Balaban J connectivity index is 1.79. The summed E-state index contributed by atoms with van der Waals surface area (Å²) in [4.78, 5) is 2.29. The van der Waals surface area contributed by atoms with E-state index in [1.54, 1.807) is 0 Å². The number of morpholine rings is 1. The molecule has 1 fully saturated rings. The normalized spacial score (nSPS) is 16.4. The van der Waals surface area contributed by atoms with Gasteiger partial charge in [0, 0.05) is 31.9 Å². The van der Waals surface area contributed by atoms with E-state index in [-0.39, 0.29) is 5.75 Å². The van der Waals surface area contributed by atoms with E-state index in [1.807, 2.05) is 0 Å². The van der Waals surface area contributed by atoms with Crippen LogP contribution in [0.15, 0.2) is 24.3 Å². The van der Waals surface area contributed by atoms with Crippen molar-refractivity contribution in [3.63, 3.8) is 0 Å². The molecule has 0 unspecified atom stereocenters. The number of anilines is 1. The molecule has 1 aromatic carbocycles. The zero-order valence-corrected chi connectivity index (χ0v) is 12.2. The van der Waals surface area contributed by atoms with Crippen LogP contribution in [0.3, 0.4) is 0 Å². The highest BCUT2D eigenvalue weighted by atomic mass is 32.2. The minimum absolute atomic E-state index is 0.0428. The van der Waals surface area contributed by atoms with E-state index in [1.165, 1.54) is 5.69 Å². The lowest BCUT2D eigenvalue weighted by molar-refractivity contribution is 0.122. The molecule has 0 aromatic heterocycles. The van der Waals surface area contributed by atoms with E-state index in [0.29, 0.717) is 13.1 Å². The summed E-state index contributed by atoms with van der Waals surface area (Å²) in [5.74, 6) is -0.0428. The Morgan fingerprint density at radius 1 is 1.20 bits per heavy atom. The fourth-order valence-electron chi connectivity index (χ4n) is 2.09. The SMILES string of the molecule is NS(=O)(=O)CCNCc1ccc(N2CCOCC2)cc1. The third-order valence-electron chi connectivity index (χ3n) is 3.21. The molecule has 6 nitrogen and oxygen atoms in total. The average molecular weight is 299 g/mol. The standard InChI is InChI=1S/C13H21N3O3S/c14-20(17,18)10-5-15-11-12-1-3-13(4-2-12)16-6-8-19-9-7-16/h1-4,15H,5-11H2,(H2,14,17,18). The summed E-state index contributed by atoms with van der Waals surface area (Å²) in [6.45, 7) is 4.40. The van der Waals surface area contributed by atoms with Gasteiger partial charge in [0.1, 0.15) is 0 Å². The number of rotatable bonds is 6. The highest BCUT2D eigenvalue weighted by molar-refractivity contribution is 7.89. The van der Waals surface area contributed by atoms with Gasteiger partial charge in [0.15, 0.2) is 0 Å². The minimum atomic E-state index is -3.38. The number of nitrogens with two attached hydrogens (primary N) is 1. The van der Waals surface area contributed by atoms with Gasteiger partial charge in [-0.25, -0.2) is 13.6 Å². The fourth-order valence-corrected chi connectivity index (χ4v) is 2.52. The maximum absolute atomic E-state index is 10.8. The lowest BCUT2D eigenvalue weighted by atomic mass is 10.2. The van der Waals surface area contributed by atoms with Crippen molar-refractivity contribution in [2.75, 3.05) is 43.5 Å². The predicted molar refractivity (Wildman–Crippen MR) is 79.2 cm³/mol. The molecular weight excluding hydrogens is 278 g/mol. The molecule has 0 amide bonds. The van der Waals surface area contributed by atoms with Gasteiger partial charge in [-0.1, -0.05) is 12.1 Å². The highest BCUT2D eigenvalue weighted by Crippen LogP contribution is 2.16. The minimum Gasteiger partial charge on any atom is -0.378 e. The Hall–Kier alpha value is -1.15. The average Bonchev–Trinajstić information content (AvgIpc) is 2.44. The van der Waals surface area contributed by atoms with Crippen LogP contribution in [0.25, 0.3) is 0 Å². The molecule has 20 heavy (non-hydrogen) atoms. The Kier molecular flexibility index (Phi) is 5.36.